The average molecular weight is 364 g/mol. The highest BCUT2D eigenvalue weighted by atomic mass is 127. The Hall–Kier alpha value is -1.33. The molecule has 0 fully saturated rings. The maximum atomic E-state index is 10.4. The minimum Gasteiger partial charge on any atom is -0.458 e. The highest BCUT2D eigenvalue weighted by Gasteiger charge is 2.16. The number of furan rings is 1. The van der Waals surface area contributed by atoms with Crippen molar-refractivity contribution in [3.05, 3.63) is 69.0 Å². The molecule has 2 aromatic carbocycles. The summed E-state index contributed by atoms with van der Waals surface area (Å²) in [5.41, 5.74) is 2.78. The van der Waals surface area contributed by atoms with E-state index < -0.39 is 6.10 Å². The minimum absolute atomic E-state index is 0.588. The van der Waals surface area contributed by atoms with E-state index >= 15 is 0 Å². The van der Waals surface area contributed by atoms with Gasteiger partial charge in [-0.1, -0.05) is 30.3 Å². The van der Waals surface area contributed by atoms with Crippen molar-refractivity contribution in [2.45, 2.75) is 13.0 Å². The fourth-order valence-corrected chi connectivity index (χ4v) is 2.53. The molecule has 1 heterocycles. The number of aliphatic hydroxyl groups is 1. The first-order chi connectivity index (χ1) is 9.15. The van der Waals surface area contributed by atoms with Crippen molar-refractivity contribution < 1.29 is 9.52 Å². The molecule has 19 heavy (non-hydrogen) atoms. The predicted octanol–water partition coefficient (Wildman–Crippen LogP) is 4.43. The number of hydrogen-bond donors (Lipinski definition) is 1. The van der Waals surface area contributed by atoms with Crippen LogP contribution in [0.4, 0.5) is 0 Å². The Balaban J connectivity index is 2.04. The highest BCUT2D eigenvalue weighted by Crippen LogP contribution is 2.29. The Morgan fingerprint density at radius 3 is 2.53 bits per heavy atom. The van der Waals surface area contributed by atoms with E-state index in [1.54, 1.807) is 0 Å². The molecule has 0 radical (unpaired) electrons. The van der Waals surface area contributed by atoms with Crippen LogP contribution in [0.5, 0.6) is 0 Å². The van der Waals surface area contributed by atoms with Crippen LogP contribution in [0.2, 0.25) is 0 Å². The zero-order valence-electron chi connectivity index (χ0n) is 10.4. The molecule has 3 rings (SSSR count). The molecular formula is C16H13IO2. The van der Waals surface area contributed by atoms with Gasteiger partial charge in [-0.15, -0.1) is 0 Å². The number of hydrogen-bond acceptors (Lipinski definition) is 2. The van der Waals surface area contributed by atoms with Crippen LogP contribution in [-0.4, -0.2) is 5.11 Å². The van der Waals surface area contributed by atoms with E-state index in [1.807, 2.05) is 55.5 Å². The lowest BCUT2D eigenvalue weighted by Gasteiger charge is -2.07. The van der Waals surface area contributed by atoms with E-state index in [0.717, 1.165) is 25.7 Å². The smallest absolute Gasteiger partial charge is 0.138 e. The van der Waals surface area contributed by atoms with Crippen LogP contribution in [-0.2, 0) is 0 Å². The Morgan fingerprint density at radius 1 is 1.11 bits per heavy atom. The monoisotopic (exact) mass is 364 g/mol. The SMILES string of the molecule is Cc1cccc2cc(C(O)c3ccc(I)cc3)oc12. The molecule has 0 amide bonds. The molecule has 0 spiro atoms. The van der Waals surface area contributed by atoms with Crippen molar-refractivity contribution in [1.82, 2.24) is 0 Å². The first kappa shape index (κ1) is 12.7. The van der Waals surface area contributed by atoms with Gasteiger partial charge in [0, 0.05) is 8.96 Å². The van der Waals surface area contributed by atoms with Gasteiger partial charge in [0.1, 0.15) is 17.4 Å². The van der Waals surface area contributed by atoms with E-state index in [4.69, 9.17) is 4.42 Å². The molecule has 2 nitrogen and oxygen atoms in total. The van der Waals surface area contributed by atoms with Gasteiger partial charge < -0.3 is 9.52 Å². The van der Waals surface area contributed by atoms with Crippen LogP contribution in [0.15, 0.2) is 52.9 Å². The van der Waals surface area contributed by atoms with Crippen molar-refractivity contribution in [2.75, 3.05) is 0 Å². The highest BCUT2D eigenvalue weighted by molar-refractivity contribution is 14.1. The van der Waals surface area contributed by atoms with Gasteiger partial charge in [-0.3, -0.25) is 0 Å². The van der Waals surface area contributed by atoms with Gasteiger partial charge in [0.2, 0.25) is 0 Å². The van der Waals surface area contributed by atoms with Crippen LogP contribution >= 0.6 is 22.6 Å². The fraction of sp³-hybridized carbons (Fsp3) is 0.125. The summed E-state index contributed by atoms with van der Waals surface area (Å²) < 4.78 is 6.94. The topological polar surface area (TPSA) is 33.4 Å². The third-order valence-electron chi connectivity index (χ3n) is 3.22. The molecule has 1 unspecified atom stereocenters. The third kappa shape index (κ3) is 2.40. The largest absolute Gasteiger partial charge is 0.458 e. The molecule has 0 saturated carbocycles. The van der Waals surface area contributed by atoms with Gasteiger partial charge >= 0.3 is 0 Å². The number of fused-ring (bicyclic) bond motifs is 1. The quantitative estimate of drug-likeness (QED) is 0.683. The van der Waals surface area contributed by atoms with E-state index in [-0.39, 0.29) is 0 Å². The lowest BCUT2D eigenvalue weighted by Crippen LogP contribution is -1.97. The van der Waals surface area contributed by atoms with E-state index in [9.17, 15) is 5.11 Å². The molecule has 1 atom stereocenters. The zero-order valence-corrected chi connectivity index (χ0v) is 12.6. The Bertz CT molecular complexity index is 713. The lowest BCUT2D eigenvalue weighted by molar-refractivity contribution is 0.192. The molecular weight excluding hydrogens is 351 g/mol. The van der Waals surface area contributed by atoms with Gasteiger partial charge in [0.05, 0.1) is 0 Å². The van der Waals surface area contributed by atoms with Crippen LogP contribution < -0.4 is 0 Å². The van der Waals surface area contributed by atoms with Crippen LogP contribution in [0.25, 0.3) is 11.0 Å². The van der Waals surface area contributed by atoms with E-state index in [2.05, 4.69) is 22.6 Å². The van der Waals surface area contributed by atoms with E-state index in [1.165, 1.54) is 0 Å². The summed E-state index contributed by atoms with van der Waals surface area (Å²) >= 11 is 2.25. The van der Waals surface area contributed by atoms with Crippen molar-refractivity contribution in [1.29, 1.82) is 0 Å². The number of rotatable bonds is 2. The summed E-state index contributed by atoms with van der Waals surface area (Å²) in [7, 11) is 0. The molecule has 0 bridgehead atoms. The Morgan fingerprint density at radius 2 is 1.84 bits per heavy atom. The predicted molar refractivity (Wildman–Crippen MR) is 84.2 cm³/mol. The first-order valence-electron chi connectivity index (χ1n) is 6.08. The Kier molecular flexibility index (Phi) is 3.33. The number of benzene rings is 2. The summed E-state index contributed by atoms with van der Waals surface area (Å²) in [6, 6.07) is 15.7. The van der Waals surface area contributed by atoms with Crippen molar-refractivity contribution in [2.24, 2.45) is 0 Å². The van der Waals surface area contributed by atoms with Gasteiger partial charge in [0.25, 0.3) is 0 Å². The van der Waals surface area contributed by atoms with Crippen LogP contribution in [0.1, 0.15) is 23.0 Å². The van der Waals surface area contributed by atoms with Crippen LogP contribution in [0, 0.1) is 10.5 Å². The Labute approximate surface area is 125 Å². The first-order valence-corrected chi connectivity index (χ1v) is 7.15. The molecule has 3 heteroatoms. The van der Waals surface area contributed by atoms with Gasteiger partial charge in [-0.05, 0) is 58.8 Å². The third-order valence-corrected chi connectivity index (χ3v) is 3.93. The van der Waals surface area contributed by atoms with Crippen molar-refractivity contribution >= 4 is 33.6 Å². The molecule has 0 aliphatic heterocycles. The molecule has 3 aromatic rings. The number of halogens is 1. The van der Waals surface area contributed by atoms with Gasteiger partial charge in [-0.25, -0.2) is 0 Å². The second kappa shape index (κ2) is 4.98. The summed E-state index contributed by atoms with van der Waals surface area (Å²) in [6.45, 7) is 2.01. The fourth-order valence-electron chi connectivity index (χ4n) is 2.17. The average Bonchev–Trinajstić information content (AvgIpc) is 2.84. The number of aryl methyl sites for hydroxylation is 1. The summed E-state index contributed by atoms with van der Waals surface area (Å²) in [6.07, 6.45) is -0.719. The minimum atomic E-state index is -0.719. The number of para-hydroxylation sites is 1. The standard InChI is InChI=1S/C16H13IO2/c1-10-3-2-4-12-9-14(19-16(10)12)15(18)11-5-7-13(17)8-6-11/h2-9,15,18H,1H3. The van der Waals surface area contributed by atoms with Gasteiger partial charge in [0.15, 0.2) is 0 Å². The molecule has 1 aromatic heterocycles. The molecule has 0 aliphatic carbocycles. The maximum Gasteiger partial charge on any atom is 0.138 e. The van der Waals surface area contributed by atoms with Crippen LogP contribution in [0.3, 0.4) is 0 Å². The molecule has 96 valence electrons. The van der Waals surface area contributed by atoms with Crippen molar-refractivity contribution in [3.8, 4) is 0 Å². The second-order valence-electron chi connectivity index (χ2n) is 4.60. The maximum absolute atomic E-state index is 10.4. The zero-order chi connectivity index (χ0) is 13.4. The molecule has 0 aliphatic rings. The summed E-state index contributed by atoms with van der Waals surface area (Å²) in [5.74, 6) is 0.588. The second-order valence-corrected chi connectivity index (χ2v) is 5.84. The normalized spacial score (nSPS) is 12.8. The number of aliphatic hydroxyl groups excluding tert-OH is 1. The summed E-state index contributed by atoms with van der Waals surface area (Å²) in [4.78, 5) is 0. The molecule has 0 saturated heterocycles. The lowest BCUT2D eigenvalue weighted by atomic mass is 10.1. The van der Waals surface area contributed by atoms with Gasteiger partial charge in [-0.2, -0.15) is 0 Å². The molecule has 1 N–H and O–H groups in total. The van der Waals surface area contributed by atoms with E-state index in [0.29, 0.717) is 5.76 Å². The summed E-state index contributed by atoms with van der Waals surface area (Å²) in [5, 5.41) is 11.4. The van der Waals surface area contributed by atoms with Crippen molar-refractivity contribution in [3.63, 3.8) is 0 Å².